The Balaban J connectivity index is 1.94. The second kappa shape index (κ2) is 5.31. The second-order valence-corrected chi connectivity index (χ2v) is 5.94. The molecular formula is C18H14N2OS. The first-order valence-electron chi connectivity index (χ1n) is 7.03. The zero-order valence-electron chi connectivity index (χ0n) is 12.1. The Morgan fingerprint density at radius 2 is 1.91 bits per heavy atom. The largest absolute Gasteiger partial charge is 0.448 e. The minimum absolute atomic E-state index is 0.783. The number of benzene rings is 1. The van der Waals surface area contributed by atoms with Crippen LogP contribution in [-0.2, 0) is 0 Å². The molecule has 4 rings (SSSR count). The summed E-state index contributed by atoms with van der Waals surface area (Å²) in [6.07, 6.45) is 3.53. The molecule has 22 heavy (non-hydrogen) atoms. The maximum Gasteiger partial charge on any atom is 0.200 e. The molecule has 4 heteroatoms. The molecule has 4 aromatic rings. The maximum atomic E-state index is 5.51. The van der Waals surface area contributed by atoms with E-state index in [0.29, 0.717) is 0 Å². The SMILES string of the molecule is CN(c1ccco1)c1nccc2scc(-c3ccccc3)c12. The van der Waals surface area contributed by atoms with Gasteiger partial charge in [-0.05, 0) is 23.1 Å². The van der Waals surface area contributed by atoms with Gasteiger partial charge in [-0.15, -0.1) is 11.3 Å². The lowest BCUT2D eigenvalue weighted by Gasteiger charge is -2.16. The Hall–Kier alpha value is -2.59. The molecule has 0 saturated carbocycles. The smallest absolute Gasteiger partial charge is 0.200 e. The van der Waals surface area contributed by atoms with Gasteiger partial charge < -0.3 is 4.42 Å². The van der Waals surface area contributed by atoms with Crippen molar-refractivity contribution in [3.8, 4) is 11.1 Å². The number of anilines is 2. The predicted molar refractivity (Wildman–Crippen MR) is 91.8 cm³/mol. The molecule has 3 nitrogen and oxygen atoms in total. The van der Waals surface area contributed by atoms with Crippen molar-refractivity contribution in [1.82, 2.24) is 4.98 Å². The number of aromatic nitrogens is 1. The number of fused-ring (bicyclic) bond motifs is 1. The third-order valence-electron chi connectivity index (χ3n) is 3.71. The Labute approximate surface area is 132 Å². The van der Waals surface area contributed by atoms with Crippen molar-refractivity contribution < 1.29 is 4.42 Å². The van der Waals surface area contributed by atoms with Crippen LogP contribution in [0.15, 0.2) is 70.8 Å². The van der Waals surface area contributed by atoms with Gasteiger partial charge in [0.2, 0.25) is 5.88 Å². The third-order valence-corrected chi connectivity index (χ3v) is 4.65. The van der Waals surface area contributed by atoms with Crippen LogP contribution in [0.2, 0.25) is 0 Å². The highest BCUT2D eigenvalue weighted by Crippen LogP contribution is 2.40. The highest BCUT2D eigenvalue weighted by molar-refractivity contribution is 7.17. The molecule has 0 N–H and O–H groups in total. The lowest BCUT2D eigenvalue weighted by atomic mass is 10.1. The fourth-order valence-electron chi connectivity index (χ4n) is 2.62. The molecule has 0 aliphatic rings. The van der Waals surface area contributed by atoms with Gasteiger partial charge in [-0.2, -0.15) is 0 Å². The van der Waals surface area contributed by atoms with E-state index in [2.05, 4.69) is 40.7 Å². The number of thiophene rings is 1. The van der Waals surface area contributed by atoms with Crippen molar-refractivity contribution in [3.05, 3.63) is 66.4 Å². The van der Waals surface area contributed by atoms with Gasteiger partial charge in [-0.1, -0.05) is 30.3 Å². The van der Waals surface area contributed by atoms with Crippen LogP contribution < -0.4 is 4.90 Å². The number of nitrogens with zero attached hydrogens (tertiary/aromatic N) is 2. The molecule has 0 amide bonds. The highest BCUT2D eigenvalue weighted by atomic mass is 32.1. The summed E-state index contributed by atoms with van der Waals surface area (Å²) < 4.78 is 6.73. The summed E-state index contributed by atoms with van der Waals surface area (Å²) in [5.41, 5.74) is 2.41. The summed E-state index contributed by atoms with van der Waals surface area (Å²) in [7, 11) is 1.98. The number of rotatable bonds is 3. The average molecular weight is 306 g/mol. The third kappa shape index (κ3) is 2.09. The van der Waals surface area contributed by atoms with E-state index < -0.39 is 0 Å². The summed E-state index contributed by atoms with van der Waals surface area (Å²) in [4.78, 5) is 6.58. The van der Waals surface area contributed by atoms with Gasteiger partial charge >= 0.3 is 0 Å². The van der Waals surface area contributed by atoms with Crippen LogP contribution in [0.4, 0.5) is 11.7 Å². The minimum atomic E-state index is 0.783. The van der Waals surface area contributed by atoms with Gasteiger partial charge in [0.1, 0.15) is 5.82 Å². The first kappa shape index (κ1) is 13.1. The number of hydrogen-bond donors (Lipinski definition) is 0. The molecule has 108 valence electrons. The molecule has 0 unspecified atom stereocenters. The van der Waals surface area contributed by atoms with Gasteiger partial charge in [-0.25, -0.2) is 4.98 Å². The molecule has 0 atom stereocenters. The van der Waals surface area contributed by atoms with Crippen molar-refractivity contribution >= 4 is 33.1 Å². The fourth-order valence-corrected chi connectivity index (χ4v) is 3.57. The monoisotopic (exact) mass is 306 g/mol. The topological polar surface area (TPSA) is 29.3 Å². The molecular weight excluding hydrogens is 292 g/mol. The quantitative estimate of drug-likeness (QED) is 0.512. The highest BCUT2D eigenvalue weighted by Gasteiger charge is 2.16. The van der Waals surface area contributed by atoms with Crippen LogP contribution >= 0.6 is 11.3 Å². The first-order valence-corrected chi connectivity index (χ1v) is 7.91. The van der Waals surface area contributed by atoms with E-state index in [1.54, 1.807) is 17.6 Å². The number of furan rings is 1. The van der Waals surface area contributed by atoms with E-state index >= 15 is 0 Å². The van der Waals surface area contributed by atoms with E-state index in [-0.39, 0.29) is 0 Å². The van der Waals surface area contributed by atoms with Crippen molar-refractivity contribution in [3.63, 3.8) is 0 Å². The lowest BCUT2D eigenvalue weighted by molar-refractivity contribution is 0.569. The van der Waals surface area contributed by atoms with Crippen molar-refractivity contribution in [1.29, 1.82) is 0 Å². The van der Waals surface area contributed by atoms with Crippen LogP contribution in [0.25, 0.3) is 21.2 Å². The summed E-state index contributed by atoms with van der Waals surface area (Å²) in [5.74, 6) is 1.69. The molecule has 0 saturated heterocycles. The zero-order chi connectivity index (χ0) is 14.9. The lowest BCUT2D eigenvalue weighted by Crippen LogP contribution is -2.10. The zero-order valence-corrected chi connectivity index (χ0v) is 12.9. The summed E-state index contributed by atoms with van der Waals surface area (Å²) in [5, 5.41) is 3.36. The van der Waals surface area contributed by atoms with Crippen molar-refractivity contribution in [2.24, 2.45) is 0 Å². The maximum absolute atomic E-state index is 5.51. The minimum Gasteiger partial charge on any atom is -0.448 e. The van der Waals surface area contributed by atoms with E-state index in [1.807, 2.05) is 36.3 Å². The molecule has 0 spiro atoms. The van der Waals surface area contributed by atoms with Crippen LogP contribution in [0, 0.1) is 0 Å². The summed E-state index contributed by atoms with van der Waals surface area (Å²) in [6.45, 7) is 0. The Morgan fingerprint density at radius 1 is 1.05 bits per heavy atom. The normalized spacial score (nSPS) is 11.0. The standard InChI is InChI=1S/C18H14N2OS/c1-20(16-8-5-11-21-16)18-17-14(13-6-3-2-4-7-13)12-22-15(17)9-10-19-18/h2-12H,1H3. The van der Waals surface area contributed by atoms with E-state index in [0.717, 1.165) is 17.1 Å². The van der Waals surface area contributed by atoms with E-state index in [9.17, 15) is 0 Å². The molecule has 0 aliphatic carbocycles. The average Bonchev–Trinajstić information content (AvgIpc) is 3.24. The Kier molecular flexibility index (Phi) is 3.16. The van der Waals surface area contributed by atoms with Crippen LogP contribution in [-0.4, -0.2) is 12.0 Å². The summed E-state index contributed by atoms with van der Waals surface area (Å²) in [6, 6.07) is 16.3. The van der Waals surface area contributed by atoms with E-state index in [4.69, 9.17) is 4.42 Å². The molecule has 0 fully saturated rings. The van der Waals surface area contributed by atoms with Crippen LogP contribution in [0.1, 0.15) is 0 Å². The molecule has 3 aromatic heterocycles. The van der Waals surface area contributed by atoms with Crippen molar-refractivity contribution in [2.75, 3.05) is 11.9 Å². The van der Waals surface area contributed by atoms with E-state index in [1.165, 1.54) is 15.8 Å². The predicted octanol–water partition coefficient (Wildman–Crippen LogP) is 5.32. The van der Waals surface area contributed by atoms with Crippen LogP contribution in [0.5, 0.6) is 0 Å². The molecule has 0 bridgehead atoms. The van der Waals surface area contributed by atoms with Gasteiger partial charge in [0.15, 0.2) is 0 Å². The molecule has 3 heterocycles. The van der Waals surface area contributed by atoms with Gasteiger partial charge in [-0.3, -0.25) is 4.90 Å². The Bertz CT molecular complexity index is 897. The van der Waals surface area contributed by atoms with Crippen molar-refractivity contribution in [2.45, 2.75) is 0 Å². The molecule has 0 radical (unpaired) electrons. The fraction of sp³-hybridized carbons (Fsp3) is 0.0556. The molecule has 1 aromatic carbocycles. The second-order valence-electron chi connectivity index (χ2n) is 5.03. The van der Waals surface area contributed by atoms with Gasteiger partial charge in [0.25, 0.3) is 0 Å². The number of pyridine rings is 1. The van der Waals surface area contributed by atoms with Gasteiger partial charge in [0.05, 0.1) is 6.26 Å². The Morgan fingerprint density at radius 3 is 2.68 bits per heavy atom. The van der Waals surface area contributed by atoms with Gasteiger partial charge in [0, 0.05) is 35.0 Å². The molecule has 0 aliphatic heterocycles. The summed E-state index contributed by atoms with van der Waals surface area (Å²) >= 11 is 1.74. The number of hydrogen-bond acceptors (Lipinski definition) is 4. The first-order chi connectivity index (χ1) is 10.8. The van der Waals surface area contributed by atoms with Crippen LogP contribution in [0.3, 0.4) is 0 Å².